The van der Waals surface area contributed by atoms with E-state index in [1.165, 1.54) is 16.4 Å². The number of rotatable bonds is 10. The molecule has 4 rings (SSSR count). The first kappa shape index (κ1) is 29.3. The Labute approximate surface area is 234 Å². The van der Waals surface area contributed by atoms with Crippen LogP contribution >= 0.6 is 0 Å². The van der Waals surface area contributed by atoms with Crippen molar-refractivity contribution in [2.24, 2.45) is 0 Å². The Morgan fingerprint density at radius 3 is 2.02 bits per heavy atom. The predicted molar refractivity (Wildman–Crippen MR) is 152 cm³/mol. The van der Waals surface area contributed by atoms with Gasteiger partial charge in [0.25, 0.3) is 0 Å². The number of sulfonamides is 1. The highest BCUT2D eigenvalue weighted by Gasteiger charge is 2.29. The van der Waals surface area contributed by atoms with E-state index < -0.39 is 31.6 Å². The fourth-order valence-corrected chi connectivity index (χ4v) is 7.68. The van der Waals surface area contributed by atoms with Gasteiger partial charge in [-0.3, -0.25) is 4.79 Å². The van der Waals surface area contributed by atoms with Crippen molar-refractivity contribution in [2.75, 3.05) is 5.75 Å². The molecule has 1 N–H and O–H groups in total. The molecule has 0 saturated carbocycles. The molecular formula is C30H31NO7S2. The maximum absolute atomic E-state index is 14.0. The Morgan fingerprint density at radius 2 is 1.45 bits per heavy atom. The van der Waals surface area contributed by atoms with Gasteiger partial charge in [0.15, 0.2) is 15.6 Å². The molecule has 10 heteroatoms. The number of sulfone groups is 1. The van der Waals surface area contributed by atoms with Crippen LogP contribution in [0.2, 0.25) is 0 Å². The molecule has 3 aromatic carbocycles. The molecule has 0 fully saturated rings. The summed E-state index contributed by atoms with van der Waals surface area (Å²) in [6, 6.07) is 20.5. The predicted octanol–water partition coefficient (Wildman–Crippen LogP) is 5.43. The van der Waals surface area contributed by atoms with Crippen molar-refractivity contribution in [1.82, 2.24) is 4.31 Å². The maximum atomic E-state index is 14.0. The minimum atomic E-state index is -3.98. The number of nitrogens with zero attached hydrogens (tertiary/aromatic N) is 1. The number of carboxylic acid groups (broad SMARTS) is 1. The minimum Gasteiger partial charge on any atom is -0.480 e. The Hall–Kier alpha value is -3.73. The van der Waals surface area contributed by atoms with Crippen LogP contribution in [0.25, 0.3) is 11.1 Å². The first-order valence-electron chi connectivity index (χ1n) is 12.5. The van der Waals surface area contributed by atoms with E-state index in [0.717, 1.165) is 11.1 Å². The van der Waals surface area contributed by atoms with E-state index in [2.05, 4.69) is 0 Å². The summed E-state index contributed by atoms with van der Waals surface area (Å²) in [7, 11) is -7.88. The highest BCUT2D eigenvalue weighted by atomic mass is 32.2. The van der Waals surface area contributed by atoms with Crippen molar-refractivity contribution < 1.29 is 31.2 Å². The third-order valence-electron chi connectivity index (χ3n) is 6.48. The number of furan rings is 1. The van der Waals surface area contributed by atoms with Crippen LogP contribution in [0.1, 0.15) is 33.8 Å². The van der Waals surface area contributed by atoms with Crippen molar-refractivity contribution in [3.63, 3.8) is 0 Å². The Bertz CT molecular complexity index is 1750. The van der Waals surface area contributed by atoms with Crippen molar-refractivity contribution in [3.05, 3.63) is 107 Å². The lowest BCUT2D eigenvalue weighted by Gasteiger charge is -2.24. The van der Waals surface area contributed by atoms with E-state index in [-0.39, 0.29) is 22.9 Å². The Kier molecular flexibility index (Phi) is 8.34. The number of aliphatic carboxylic acids is 1. The zero-order valence-corrected chi connectivity index (χ0v) is 24.3. The molecule has 0 aliphatic carbocycles. The molecule has 8 nitrogen and oxygen atoms in total. The van der Waals surface area contributed by atoms with Gasteiger partial charge in [-0.15, -0.1) is 0 Å². The Balaban J connectivity index is 1.66. The fourth-order valence-electron chi connectivity index (χ4n) is 4.79. The van der Waals surface area contributed by atoms with E-state index in [0.29, 0.717) is 33.8 Å². The molecule has 1 heterocycles. The lowest BCUT2D eigenvalue weighted by molar-refractivity contribution is -0.134. The average molecular weight is 582 g/mol. The molecule has 0 aliphatic rings. The summed E-state index contributed by atoms with van der Waals surface area (Å²) in [5, 5.41) is 8.93. The van der Waals surface area contributed by atoms with E-state index in [1.54, 1.807) is 69.3 Å². The van der Waals surface area contributed by atoms with Gasteiger partial charge in [-0.1, -0.05) is 54.1 Å². The number of hydrogen-bond donors (Lipinski definition) is 1. The lowest BCUT2D eigenvalue weighted by Crippen LogP contribution is -2.31. The average Bonchev–Trinajstić information content (AvgIpc) is 3.27. The molecule has 0 radical (unpaired) electrons. The third kappa shape index (κ3) is 6.52. The van der Waals surface area contributed by atoms with Gasteiger partial charge in [0.1, 0.15) is 11.5 Å². The van der Waals surface area contributed by atoms with E-state index in [1.807, 2.05) is 19.1 Å². The normalized spacial score (nSPS) is 12.1. The van der Waals surface area contributed by atoms with Crippen molar-refractivity contribution in [2.45, 2.75) is 50.6 Å². The summed E-state index contributed by atoms with van der Waals surface area (Å²) in [5.74, 6) is -1.20. The standard InChI is InChI=1S/C30H31NO7S2/c1-20-14-21(2)30(22(3)15-20)40(36,37)31(18-27-13-8-23(4)38-27)17-24-9-11-25(12-10-24)26-6-5-7-28(16-26)39(34,35)19-29(32)33/h5-16H,17-19H2,1-4H3,(H,32,33). The quantitative estimate of drug-likeness (QED) is 0.265. The van der Waals surface area contributed by atoms with Crippen LogP contribution in [0, 0.1) is 27.7 Å². The summed E-state index contributed by atoms with van der Waals surface area (Å²) < 4.78 is 59.8. The molecular weight excluding hydrogens is 550 g/mol. The first-order valence-corrected chi connectivity index (χ1v) is 15.6. The second kappa shape index (κ2) is 11.4. The first-order chi connectivity index (χ1) is 18.8. The summed E-state index contributed by atoms with van der Waals surface area (Å²) in [6.07, 6.45) is 0. The van der Waals surface area contributed by atoms with Crippen LogP contribution in [0.3, 0.4) is 0 Å². The smallest absolute Gasteiger partial charge is 0.319 e. The summed E-state index contributed by atoms with van der Waals surface area (Å²) >= 11 is 0. The highest BCUT2D eigenvalue weighted by Crippen LogP contribution is 2.29. The van der Waals surface area contributed by atoms with Crippen molar-refractivity contribution in [3.8, 4) is 11.1 Å². The SMILES string of the molecule is Cc1cc(C)c(S(=O)(=O)N(Cc2ccc(-c3cccc(S(=O)(=O)CC(=O)O)c3)cc2)Cc2ccc(C)o2)c(C)c1. The van der Waals surface area contributed by atoms with Gasteiger partial charge < -0.3 is 9.52 Å². The van der Waals surface area contributed by atoms with Gasteiger partial charge in [0.2, 0.25) is 10.0 Å². The number of benzene rings is 3. The maximum Gasteiger partial charge on any atom is 0.319 e. The topological polar surface area (TPSA) is 122 Å². The molecule has 40 heavy (non-hydrogen) atoms. The molecule has 0 unspecified atom stereocenters. The molecule has 0 aliphatic heterocycles. The largest absolute Gasteiger partial charge is 0.480 e. The van der Waals surface area contributed by atoms with E-state index in [9.17, 15) is 21.6 Å². The molecule has 0 atom stereocenters. The van der Waals surface area contributed by atoms with Gasteiger partial charge in [-0.05, 0) is 79.8 Å². The summed E-state index contributed by atoms with van der Waals surface area (Å²) in [4.78, 5) is 11.2. The van der Waals surface area contributed by atoms with Gasteiger partial charge in [-0.25, -0.2) is 16.8 Å². The third-order valence-corrected chi connectivity index (χ3v) is 10.2. The van der Waals surface area contributed by atoms with Crippen LogP contribution in [-0.4, -0.2) is 38.0 Å². The minimum absolute atomic E-state index is 0.0498. The highest BCUT2D eigenvalue weighted by molar-refractivity contribution is 7.92. The second-order valence-corrected chi connectivity index (χ2v) is 13.8. The van der Waals surface area contributed by atoms with Crippen LogP contribution in [0.4, 0.5) is 0 Å². The molecule has 0 amide bonds. The zero-order valence-electron chi connectivity index (χ0n) is 22.7. The van der Waals surface area contributed by atoms with Crippen molar-refractivity contribution in [1.29, 1.82) is 0 Å². The lowest BCUT2D eigenvalue weighted by atomic mass is 10.0. The number of carbonyl (C=O) groups is 1. The summed E-state index contributed by atoms with van der Waals surface area (Å²) in [5.41, 5.74) is 4.36. The van der Waals surface area contributed by atoms with E-state index >= 15 is 0 Å². The molecule has 4 aromatic rings. The number of carboxylic acids is 1. The van der Waals surface area contributed by atoms with Gasteiger partial charge >= 0.3 is 5.97 Å². The van der Waals surface area contributed by atoms with Gasteiger partial charge in [0, 0.05) is 6.54 Å². The van der Waals surface area contributed by atoms with Gasteiger partial charge in [0.05, 0.1) is 16.3 Å². The van der Waals surface area contributed by atoms with Crippen molar-refractivity contribution >= 4 is 25.8 Å². The second-order valence-electron chi connectivity index (χ2n) is 9.89. The van der Waals surface area contributed by atoms with Gasteiger partial charge in [-0.2, -0.15) is 4.31 Å². The Morgan fingerprint density at radius 1 is 0.800 bits per heavy atom. The molecule has 210 valence electrons. The van der Waals surface area contributed by atoms with Crippen LogP contribution in [0.15, 0.2) is 87.0 Å². The number of hydrogen-bond acceptors (Lipinski definition) is 6. The molecule has 1 aromatic heterocycles. The summed E-state index contributed by atoms with van der Waals surface area (Å²) in [6.45, 7) is 7.45. The van der Waals surface area contributed by atoms with E-state index in [4.69, 9.17) is 9.52 Å². The van der Waals surface area contributed by atoms with Crippen LogP contribution in [-0.2, 0) is 37.7 Å². The fraction of sp³-hybridized carbons (Fsp3) is 0.233. The van der Waals surface area contributed by atoms with Crippen LogP contribution < -0.4 is 0 Å². The molecule has 0 bridgehead atoms. The van der Waals surface area contributed by atoms with Crippen LogP contribution in [0.5, 0.6) is 0 Å². The number of aryl methyl sites for hydroxylation is 4. The molecule has 0 spiro atoms. The monoisotopic (exact) mass is 581 g/mol. The molecule has 0 saturated heterocycles. The zero-order chi connectivity index (χ0) is 29.2.